The number of ether oxygens (including phenoxy) is 1. The number of nitrogens with zero attached hydrogens (tertiary/aromatic N) is 1. The van der Waals surface area contributed by atoms with Crippen molar-refractivity contribution in [2.75, 3.05) is 6.61 Å². The highest BCUT2D eigenvalue weighted by Crippen LogP contribution is 2.29. The number of nitrogens with one attached hydrogen (secondary N) is 1. The molecule has 0 aliphatic heterocycles. The van der Waals surface area contributed by atoms with Crippen LogP contribution >= 0.6 is 11.6 Å². The number of phenols is 1. The van der Waals surface area contributed by atoms with Crippen molar-refractivity contribution in [2.24, 2.45) is 0 Å². The number of aromatic nitrogens is 1. The number of benzene rings is 2. The van der Waals surface area contributed by atoms with Crippen molar-refractivity contribution in [1.82, 2.24) is 4.98 Å². The lowest BCUT2D eigenvalue weighted by atomic mass is 10.0. The van der Waals surface area contributed by atoms with E-state index in [1.54, 1.807) is 43.5 Å². The van der Waals surface area contributed by atoms with Crippen molar-refractivity contribution >= 4 is 34.4 Å². The van der Waals surface area contributed by atoms with Crippen molar-refractivity contribution in [1.29, 1.82) is 5.26 Å². The molecule has 0 spiro atoms. The first-order valence-corrected chi connectivity index (χ1v) is 8.30. The molecule has 0 fully saturated rings. The summed E-state index contributed by atoms with van der Waals surface area (Å²) in [5, 5.41) is 20.5. The van der Waals surface area contributed by atoms with Gasteiger partial charge in [-0.1, -0.05) is 23.7 Å². The fourth-order valence-corrected chi connectivity index (χ4v) is 2.81. The Hall–Kier alpha value is -3.23. The summed E-state index contributed by atoms with van der Waals surface area (Å²) in [6.45, 7) is 2.19. The van der Waals surface area contributed by atoms with Gasteiger partial charge < -0.3 is 14.8 Å². The number of fused-ring (bicyclic) bond motifs is 1. The van der Waals surface area contributed by atoms with Crippen molar-refractivity contribution < 1.29 is 14.6 Å². The summed E-state index contributed by atoms with van der Waals surface area (Å²) < 4.78 is 5.33. The van der Waals surface area contributed by atoms with Gasteiger partial charge in [-0.05, 0) is 42.8 Å². The van der Waals surface area contributed by atoms with Gasteiger partial charge in [0.15, 0.2) is 11.5 Å². The minimum absolute atomic E-state index is 0.00217. The maximum atomic E-state index is 12.8. The lowest BCUT2D eigenvalue weighted by Gasteiger charge is -2.06. The number of nitriles is 1. The third kappa shape index (κ3) is 3.41. The number of aromatic amines is 1. The molecular formula is C20H15ClN2O3. The Labute approximate surface area is 155 Å². The average Bonchev–Trinajstić information content (AvgIpc) is 3.04. The van der Waals surface area contributed by atoms with E-state index in [4.69, 9.17) is 16.3 Å². The number of H-pyrrole nitrogens is 1. The smallest absolute Gasteiger partial charge is 0.205 e. The van der Waals surface area contributed by atoms with E-state index in [1.165, 1.54) is 12.1 Å². The Balaban J connectivity index is 2.00. The molecule has 0 aliphatic rings. The summed E-state index contributed by atoms with van der Waals surface area (Å²) >= 11 is 5.96. The van der Waals surface area contributed by atoms with E-state index >= 15 is 0 Å². The lowest BCUT2D eigenvalue weighted by molar-refractivity contribution is 0.104. The number of carbonyl (C=O) groups is 1. The molecule has 0 radical (unpaired) electrons. The number of ketones is 1. The third-order valence-electron chi connectivity index (χ3n) is 3.85. The Bertz CT molecular complexity index is 1060. The molecule has 0 saturated carbocycles. The number of carbonyl (C=O) groups excluding carboxylic acids is 1. The molecule has 0 amide bonds. The summed E-state index contributed by atoms with van der Waals surface area (Å²) in [7, 11) is 0. The predicted octanol–water partition coefficient (Wildman–Crippen LogP) is 4.72. The molecule has 1 aromatic heterocycles. The van der Waals surface area contributed by atoms with Crippen LogP contribution < -0.4 is 4.74 Å². The van der Waals surface area contributed by atoms with Crippen molar-refractivity contribution in [3.63, 3.8) is 0 Å². The number of halogens is 1. The molecule has 3 rings (SSSR count). The van der Waals surface area contributed by atoms with Crippen molar-refractivity contribution in [3.8, 4) is 17.6 Å². The number of Topliss-reactive ketones (excluding diaryl/α,β-unsaturated/α-hetero) is 1. The zero-order valence-corrected chi connectivity index (χ0v) is 14.7. The van der Waals surface area contributed by atoms with Crippen LogP contribution in [0.5, 0.6) is 11.5 Å². The number of phenolic OH excluding ortho intramolecular Hbond substituents is 1. The largest absolute Gasteiger partial charge is 0.504 e. The first-order chi connectivity index (χ1) is 12.5. The first kappa shape index (κ1) is 17.6. The molecule has 0 bridgehead atoms. The fourth-order valence-electron chi connectivity index (χ4n) is 2.64. The van der Waals surface area contributed by atoms with Crippen LogP contribution in [0.2, 0.25) is 5.02 Å². The summed E-state index contributed by atoms with van der Waals surface area (Å²) in [5.74, 6) is -0.0952. The minimum Gasteiger partial charge on any atom is -0.504 e. The highest BCUT2D eigenvalue weighted by Gasteiger charge is 2.17. The average molecular weight is 367 g/mol. The van der Waals surface area contributed by atoms with Gasteiger partial charge in [0.1, 0.15) is 11.6 Å². The van der Waals surface area contributed by atoms with Gasteiger partial charge >= 0.3 is 0 Å². The second-order valence-electron chi connectivity index (χ2n) is 5.55. The third-order valence-corrected chi connectivity index (χ3v) is 4.08. The van der Waals surface area contributed by atoms with Gasteiger partial charge in [0, 0.05) is 27.7 Å². The van der Waals surface area contributed by atoms with E-state index in [0.717, 1.165) is 5.52 Å². The van der Waals surface area contributed by atoms with E-state index in [1.807, 2.05) is 6.07 Å². The van der Waals surface area contributed by atoms with E-state index in [0.29, 0.717) is 33.9 Å². The van der Waals surface area contributed by atoms with Crippen LogP contribution in [0.1, 0.15) is 22.8 Å². The topological polar surface area (TPSA) is 86.1 Å². The second-order valence-corrected chi connectivity index (χ2v) is 5.99. The zero-order valence-electron chi connectivity index (χ0n) is 13.9. The summed E-state index contributed by atoms with van der Waals surface area (Å²) in [5.41, 5.74) is 1.68. The predicted molar refractivity (Wildman–Crippen MR) is 101 cm³/mol. The number of rotatable bonds is 5. The van der Waals surface area contributed by atoms with Crippen molar-refractivity contribution in [3.05, 3.63) is 64.3 Å². The molecule has 1 heterocycles. The highest BCUT2D eigenvalue weighted by atomic mass is 35.5. The molecule has 0 saturated heterocycles. The molecule has 0 aliphatic carbocycles. The molecule has 26 heavy (non-hydrogen) atoms. The molecule has 5 nitrogen and oxygen atoms in total. The van der Waals surface area contributed by atoms with E-state index < -0.39 is 5.78 Å². The van der Waals surface area contributed by atoms with Gasteiger partial charge in [-0.25, -0.2) is 0 Å². The number of hydrogen-bond donors (Lipinski definition) is 2. The van der Waals surface area contributed by atoms with E-state index in [-0.39, 0.29) is 11.3 Å². The summed E-state index contributed by atoms with van der Waals surface area (Å²) in [4.78, 5) is 15.8. The summed E-state index contributed by atoms with van der Waals surface area (Å²) in [6, 6.07) is 11.8. The Morgan fingerprint density at radius 1 is 1.35 bits per heavy atom. The number of hydrogen-bond acceptors (Lipinski definition) is 4. The highest BCUT2D eigenvalue weighted by molar-refractivity contribution is 6.31. The molecule has 6 heteroatoms. The number of allylic oxidation sites excluding steroid dienone is 1. The second kappa shape index (κ2) is 7.34. The van der Waals surface area contributed by atoms with Crippen LogP contribution in [-0.4, -0.2) is 22.5 Å². The minimum atomic E-state index is -0.396. The Kier molecular flexibility index (Phi) is 4.97. The standard InChI is InChI=1S/C20H15ClN2O3/c1-2-26-19-8-12(3-6-18(19)24)7-13(10-22)20(25)16-11-23-17-9-14(21)4-5-15(16)17/h3-9,11,23-24H,2H2,1H3/b13-7+. The molecule has 0 unspecified atom stereocenters. The van der Waals surface area contributed by atoms with E-state index in [2.05, 4.69) is 4.98 Å². The summed E-state index contributed by atoms with van der Waals surface area (Å²) in [6.07, 6.45) is 3.04. The first-order valence-electron chi connectivity index (χ1n) is 7.92. The van der Waals surface area contributed by atoms with Crippen LogP contribution in [0.25, 0.3) is 17.0 Å². The molecule has 3 aromatic rings. The quantitative estimate of drug-likeness (QED) is 0.389. The normalized spacial score (nSPS) is 11.3. The molecule has 0 atom stereocenters. The Morgan fingerprint density at radius 2 is 2.15 bits per heavy atom. The van der Waals surface area contributed by atoms with Gasteiger partial charge in [0.25, 0.3) is 0 Å². The van der Waals surface area contributed by atoms with Crippen LogP contribution in [0.15, 0.2) is 48.2 Å². The number of aromatic hydroxyl groups is 1. The molecular weight excluding hydrogens is 352 g/mol. The fraction of sp³-hybridized carbons (Fsp3) is 0.100. The van der Waals surface area contributed by atoms with Gasteiger partial charge in [-0.2, -0.15) is 5.26 Å². The Morgan fingerprint density at radius 3 is 2.88 bits per heavy atom. The maximum absolute atomic E-state index is 12.8. The molecule has 2 aromatic carbocycles. The van der Waals surface area contributed by atoms with Gasteiger partial charge in [0.2, 0.25) is 5.78 Å². The maximum Gasteiger partial charge on any atom is 0.205 e. The van der Waals surface area contributed by atoms with Crippen LogP contribution in [-0.2, 0) is 0 Å². The van der Waals surface area contributed by atoms with Gasteiger partial charge in [0.05, 0.1) is 6.61 Å². The van der Waals surface area contributed by atoms with Gasteiger partial charge in [-0.3, -0.25) is 4.79 Å². The zero-order chi connectivity index (χ0) is 18.7. The SMILES string of the molecule is CCOc1cc(/C=C(\C#N)C(=O)c2c[nH]c3cc(Cl)ccc23)ccc1O. The monoisotopic (exact) mass is 366 g/mol. The van der Waals surface area contributed by atoms with Crippen LogP contribution in [0, 0.1) is 11.3 Å². The molecule has 130 valence electrons. The lowest BCUT2D eigenvalue weighted by Crippen LogP contribution is -2.01. The van der Waals surface area contributed by atoms with Gasteiger partial charge in [-0.15, -0.1) is 0 Å². The van der Waals surface area contributed by atoms with Crippen LogP contribution in [0.4, 0.5) is 0 Å². The van der Waals surface area contributed by atoms with Crippen LogP contribution in [0.3, 0.4) is 0 Å². The molecule has 2 N–H and O–H groups in total. The van der Waals surface area contributed by atoms with E-state index in [9.17, 15) is 15.2 Å². The van der Waals surface area contributed by atoms with Crippen molar-refractivity contribution in [2.45, 2.75) is 6.92 Å².